The van der Waals surface area contributed by atoms with Crippen molar-refractivity contribution in [2.75, 3.05) is 17.7 Å². The Morgan fingerprint density at radius 1 is 1.19 bits per heavy atom. The van der Waals surface area contributed by atoms with E-state index in [9.17, 15) is 9.59 Å². The minimum atomic E-state index is -0.320. The van der Waals surface area contributed by atoms with E-state index in [4.69, 9.17) is 16.3 Å². The lowest BCUT2D eigenvalue weighted by molar-refractivity contribution is -0.116. The summed E-state index contributed by atoms with van der Waals surface area (Å²) in [6.07, 6.45) is 0. The Kier molecular flexibility index (Phi) is 6.42. The van der Waals surface area contributed by atoms with Crippen molar-refractivity contribution in [3.8, 4) is 0 Å². The normalized spacial score (nSPS) is 13.3. The van der Waals surface area contributed by atoms with Crippen LogP contribution in [0.3, 0.4) is 0 Å². The number of benzene rings is 2. The van der Waals surface area contributed by atoms with Crippen LogP contribution in [0, 0.1) is 6.92 Å². The maximum absolute atomic E-state index is 12.5. The van der Waals surface area contributed by atoms with Crippen molar-refractivity contribution in [2.24, 2.45) is 0 Å². The Morgan fingerprint density at radius 3 is 2.74 bits per heavy atom. The van der Waals surface area contributed by atoms with Crippen molar-refractivity contribution >= 4 is 40.9 Å². The molecule has 2 amide bonds. The molecule has 2 aromatic rings. The summed E-state index contributed by atoms with van der Waals surface area (Å²) >= 11 is 7.65. The Hall–Kier alpha value is -2.44. The molecule has 5 nitrogen and oxygen atoms in total. The molecule has 3 rings (SSSR count). The van der Waals surface area contributed by atoms with Gasteiger partial charge in [-0.3, -0.25) is 9.59 Å². The standard InChI is InChI=1S/C20H19ClN2O3S/c1-13-6-7-14(19(24)22-11-15-4-2-3-5-16(15)21)10-17(13)23-20(25)18-12-27-9-8-26-18/h2-7,10,12H,8-9,11H2,1H3,(H,22,24)(H,23,25). The molecule has 1 heterocycles. The number of nitrogens with one attached hydrogen (secondary N) is 2. The van der Waals surface area contributed by atoms with Gasteiger partial charge >= 0.3 is 0 Å². The van der Waals surface area contributed by atoms with Gasteiger partial charge in [-0.15, -0.1) is 11.8 Å². The van der Waals surface area contributed by atoms with E-state index in [0.29, 0.717) is 35.2 Å². The fourth-order valence-corrected chi connectivity index (χ4v) is 3.31. The summed E-state index contributed by atoms with van der Waals surface area (Å²) in [7, 11) is 0. The van der Waals surface area contributed by atoms with E-state index in [1.54, 1.807) is 29.7 Å². The summed E-state index contributed by atoms with van der Waals surface area (Å²) in [5.74, 6) is 0.559. The molecule has 7 heteroatoms. The smallest absolute Gasteiger partial charge is 0.291 e. The molecular formula is C20H19ClN2O3S. The van der Waals surface area contributed by atoms with Gasteiger partial charge in [-0.2, -0.15) is 0 Å². The van der Waals surface area contributed by atoms with Gasteiger partial charge in [0, 0.05) is 34.0 Å². The van der Waals surface area contributed by atoms with Crippen LogP contribution in [-0.4, -0.2) is 24.2 Å². The third-order valence-electron chi connectivity index (χ3n) is 4.02. The minimum absolute atomic E-state index is 0.242. The molecule has 1 aliphatic heterocycles. The second-order valence-corrected chi connectivity index (χ2v) is 7.34. The first-order valence-electron chi connectivity index (χ1n) is 8.43. The van der Waals surface area contributed by atoms with Gasteiger partial charge in [-0.05, 0) is 36.2 Å². The number of hydrogen-bond donors (Lipinski definition) is 2. The van der Waals surface area contributed by atoms with Crippen molar-refractivity contribution < 1.29 is 14.3 Å². The number of rotatable bonds is 5. The van der Waals surface area contributed by atoms with Crippen LogP contribution in [0.1, 0.15) is 21.5 Å². The zero-order valence-electron chi connectivity index (χ0n) is 14.8. The van der Waals surface area contributed by atoms with E-state index in [1.807, 2.05) is 25.1 Å². The van der Waals surface area contributed by atoms with E-state index in [1.165, 1.54) is 11.8 Å². The first-order valence-corrected chi connectivity index (χ1v) is 9.85. The molecule has 2 aromatic carbocycles. The molecule has 2 N–H and O–H groups in total. The van der Waals surface area contributed by atoms with E-state index in [-0.39, 0.29) is 11.8 Å². The highest BCUT2D eigenvalue weighted by molar-refractivity contribution is 8.02. The Labute approximate surface area is 167 Å². The molecule has 140 valence electrons. The number of anilines is 1. The highest BCUT2D eigenvalue weighted by Gasteiger charge is 2.16. The predicted octanol–water partition coefficient (Wildman–Crippen LogP) is 4.12. The van der Waals surface area contributed by atoms with Crippen LogP contribution in [0.15, 0.2) is 53.6 Å². The zero-order chi connectivity index (χ0) is 19.2. The van der Waals surface area contributed by atoms with Crippen molar-refractivity contribution in [3.63, 3.8) is 0 Å². The van der Waals surface area contributed by atoms with E-state index in [0.717, 1.165) is 16.9 Å². The number of aryl methyl sites for hydroxylation is 1. The lowest BCUT2D eigenvalue weighted by Gasteiger charge is -2.15. The zero-order valence-corrected chi connectivity index (χ0v) is 16.3. The summed E-state index contributed by atoms with van der Waals surface area (Å²) in [4.78, 5) is 24.8. The largest absolute Gasteiger partial charge is 0.487 e. The van der Waals surface area contributed by atoms with Gasteiger partial charge in [0.2, 0.25) is 0 Å². The molecule has 0 saturated heterocycles. The molecule has 0 bridgehead atoms. The van der Waals surface area contributed by atoms with Crippen LogP contribution in [0.25, 0.3) is 0 Å². The maximum atomic E-state index is 12.5. The van der Waals surface area contributed by atoms with Gasteiger partial charge in [0.15, 0.2) is 5.76 Å². The molecule has 0 fully saturated rings. The molecule has 0 aromatic heterocycles. The molecule has 0 atom stereocenters. The van der Waals surface area contributed by atoms with E-state index < -0.39 is 0 Å². The second-order valence-electron chi connectivity index (χ2n) is 5.96. The highest BCUT2D eigenvalue weighted by Crippen LogP contribution is 2.21. The van der Waals surface area contributed by atoms with Crippen molar-refractivity contribution in [1.82, 2.24) is 5.32 Å². The van der Waals surface area contributed by atoms with Crippen LogP contribution in [-0.2, 0) is 16.1 Å². The van der Waals surface area contributed by atoms with Crippen molar-refractivity contribution in [3.05, 3.63) is 75.3 Å². The average Bonchev–Trinajstić information content (AvgIpc) is 2.69. The fourth-order valence-electron chi connectivity index (χ4n) is 2.49. The molecule has 1 aliphatic rings. The Morgan fingerprint density at radius 2 is 2.00 bits per heavy atom. The monoisotopic (exact) mass is 402 g/mol. The van der Waals surface area contributed by atoms with Gasteiger partial charge in [0.25, 0.3) is 11.8 Å². The predicted molar refractivity (Wildman–Crippen MR) is 109 cm³/mol. The number of thioether (sulfide) groups is 1. The third-order valence-corrected chi connectivity index (χ3v) is 5.17. The number of carbonyl (C=O) groups is 2. The average molecular weight is 403 g/mol. The number of amides is 2. The second kappa shape index (κ2) is 8.97. The lowest BCUT2D eigenvalue weighted by Crippen LogP contribution is -2.24. The van der Waals surface area contributed by atoms with Gasteiger partial charge in [-0.25, -0.2) is 0 Å². The molecule has 27 heavy (non-hydrogen) atoms. The van der Waals surface area contributed by atoms with Gasteiger partial charge in [0.05, 0.1) is 6.61 Å². The lowest BCUT2D eigenvalue weighted by atomic mass is 10.1. The van der Waals surface area contributed by atoms with Crippen LogP contribution in [0.5, 0.6) is 0 Å². The summed E-state index contributed by atoms with van der Waals surface area (Å²) in [6.45, 7) is 2.70. The molecule has 0 radical (unpaired) electrons. The molecule has 0 saturated carbocycles. The number of halogens is 1. The first-order chi connectivity index (χ1) is 13.0. The molecular weight excluding hydrogens is 384 g/mol. The van der Waals surface area contributed by atoms with Crippen molar-refractivity contribution in [1.29, 1.82) is 0 Å². The molecule has 0 spiro atoms. The highest BCUT2D eigenvalue weighted by atomic mass is 35.5. The summed E-state index contributed by atoms with van der Waals surface area (Å²) < 4.78 is 5.36. The Balaban J connectivity index is 1.68. The molecule has 0 aliphatic carbocycles. The third kappa shape index (κ3) is 5.05. The topological polar surface area (TPSA) is 67.4 Å². The quantitative estimate of drug-likeness (QED) is 0.789. The summed E-state index contributed by atoms with van der Waals surface area (Å²) in [5, 5.41) is 7.96. The van der Waals surface area contributed by atoms with Crippen molar-refractivity contribution in [2.45, 2.75) is 13.5 Å². The number of hydrogen-bond acceptors (Lipinski definition) is 4. The summed E-state index contributed by atoms with van der Waals surface area (Å²) in [6, 6.07) is 12.5. The fraction of sp³-hybridized carbons (Fsp3) is 0.200. The van der Waals surface area contributed by atoms with E-state index >= 15 is 0 Å². The number of carbonyl (C=O) groups excluding carboxylic acids is 2. The molecule has 0 unspecified atom stereocenters. The first kappa shape index (κ1) is 19.3. The van der Waals surface area contributed by atoms with Gasteiger partial charge in [0.1, 0.15) is 0 Å². The van der Waals surface area contributed by atoms with Gasteiger partial charge < -0.3 is 15.4 Å². The minimum Gasteiger partial charge on any atom is -0.487 e. The van der Waals surface area contributed by atoms with Crippen LogP contribution >= 0.6 is 23.4 Å². The maximum Gasteiger partial charge on any atom is 0.291 e. The Bertz CT molecular complexity index is 899. The van der Waals surface area contributed by atoms with Crippen LogP contribution in [0.4, 0.5) is 5.69 Å². The van der Waals surface area contributed by atoms with Crippen LogP contribution in [0.2, 0.25) is 5.02 Å². The number of ether oxygens (including phenoxy) is 1. The van der Waals surface area contributed by atoms with E-state index in [2.05, 4.69) is 10.6 Å². The SMILES string of the molecule is Cc1ccc(C(=O)NCc2ccccc2Cl)cc1NC(=O)C1=CSCCO1. The van der Waals surface area contributed by atoms with Crippen LogP contribution < -0.4 is 10.6 Å². The van der Waals surface area contributed by atoms with Gasteiger partial charge in [-0.1, -0.05) is 35.9 Å². The summed E-state index contributed by atoms with van der Waals surface area (Å²) in [5.41, 5.74) is 2.73.